The van der Waals surface area contributed by atoms with E-state index in [4.69, 9.17) is 0 Å². The highest BCUT2D eigenvalue weighted by atomic mass is 16.3. The first-order chi connectivity index (χ1) is 9.53. The van der Waals surface area contributed by atoms with Gasteiger partial charge in [-0.2, -0.15) is 0 Å². The monoisotopic (exact) mass is 281 g/mol. The lowest BCUT2D eigenvalue weighted by Gasteiger charge is -2.39. The summed E-state index contributed by atoms with van der Waals surface area (Å²) in [6.07, 6.45) is 11.4. The first-order valence-corrected chi connectivity index (χ1v) is 8.94. The Morgan fingerprint density at radius 3 is 2.25 bits per heavy atom. The molecule has 0 saturated heterocycles. The summed E-state index contributed by atoms with van der Waals surface area (Å²) in [5, 5.41) is 13.8. The van der Waals surface area contributed by atoms with Crippen molar-refractivity contribution in [2.75, 3.05) is 6.54 Å². The number of aliphatic hydroxyl groups excluding tert-OH is 1. The van der Waals surface area contributed by atoms with Gasteiger partial charge in [0.1, 0.15) is 0 Å². The Kier molecular flexibility index (Phi) is 5.92. The Balaban J connectivity index is 1.69. The van der Waals surface area contributed by atoms with Crippen LogP contribution in [-0.4, -0.2) is 23.8 Å². The lowest BCUT2D eigenvalue weighted by Crippen LogP contribution is -2.41. The Morgan fingerprint density at radius 1 is 1.00 bits per heavy atom. The number of hydrogen-bond donors (Lipinski definition) is 2. The number of rotatable bonds is 5. The molecule has 2 rings (SSSR count). The predicted octanol–water partition coefficient (Wildman–Crippen LogP) is 4.12. The molecule has 2 nitrogen and oxygen atoms in total. The average Bonchev–Trinajstić information content (AvgIpc) is 2.47. The van der Waals surface area contributed by atoms with Crippen LogP contribution in [0.4, 0.5) is 0 Å². The third kappa shape index (κ3) is 4.21. The van der Waals surface area contributed by atoms with Gasteiger partial charge in [0.05, 0.1) is 6.10 Å². The molecule has 0 aromatic carbocycles. The highest BCUT2D eigenvalue weighted by molar-refractivity contribution is 4.86. The summed E-state index contributed by atoms with van der Waals surface area (Å²) in [6.45, 7) is 8.23. The molecule has 0 aromatic rings. The number of nitrogens with one attached hydrogen (secondary N) is 1. The van der Waals surface area contributed by atoms with E-state index in [1.54, 1.807) is 0 Å². The minimum atomic E-state index is -0.0494. The van der Waals surface area contributed by atoms with Gasteiger partial charge >= 0.3 is 0 Å². The van der Waals surface area contributed by atoms with E-state index >= 15 is 0 Å². The van der Waals surface area contributed by atoms with Gasteiger partial charge in [-0.15, -0.1) is 0 Å². The Morgan fingerprint density at radius 2 is 1.65 bits per heavy atom. The van der Waals surface area contributed by atoms with Gasteiger partial charge in [-0.3, -0.25) is 0 Å². The Labute approximate surface area is 125 Å². The predicted molar refractivity (Wildman–Crippen MR) is 85.8 cm³/mol. The van der Waals surface area contributed by atoms with E-state index in [0.717, 1.165) is 18.9 Å². The van der Waals surface area contributed by atoms with Gasteiger partial charge in [0.15, 0.2) is 0 Å². The van der Waals surface area contributed by atoms with Crippen LogP contribution < -0.4 is 5.32 Å². The largest absolute Gasteiger partial charge is 0.393 e. The summed E-state index contributed by atoms with van der Waals surface area (Å²) < 4.78 is 0. The zero-order chi connectivity index (χ0) is 14.6. The second-order valence-corrected chi connectivity index (χ2v) is 7.91. The van der Waals surface area contributed by atoms with E-state index in [9.17, 15) is 5.11 Å². The van der Waals surface area contributed by atoms with Crippen molar-refractivity contribution >= 4 is 0 Å². The van der Waals surface area contributed by atoms with E-state index in [1.165, 1.54) is 51.4 Å². The van der Waals surface area contributed by atoms with E-state index in [-0.39, 0.29) is 6.10 Å². The quantitative estimate of drug-likeness (QED) is 0.794. The molecule has 2 N–H and O–H groups in total. The van der Waals surface area contributed by atoms with Crippen molar-refractivity contribution in [3.63, 3.8) is 0 Å². The second-order valence-electron chi connectivity index (χ2n) is 7.91. The minimum absolute atomic E-state index is 0.0494. The topological polar surface area (TPSA) is 32.3 Å². The van der Waals surface area contributed by atoms with Crippen LogP contribution in [0.2, 0.25) is 0 Å². The van der Waals surface area contributed by atoms with Gasteiger partial charge in [0, 0.05) is 12.6 Å². The SMILES string of the molecule is CCC(C)(C)C1CCC(NCC2CCCCC2O)CC1. The summed E-state index contributed by atoms with van der Waals surface area (Å²) >= 11 is 0. The van der Waals surface area contributed by atoms with Gasteiger partial charge in [-0.25, -0.2) is 0 Å². The first kappa shape index (κ1) is 16.3. The molecule has 2 unspecified atom stereocenters. The highest BCUT2D eigenvalue weighted by Crippen LogP contribution is 2.40. The van der Waals surface area contributed by atoms with E-state index in [0.29, 0.717) is 17.4 Å². The fraction of sp³-hybridized carbons (Fsp3) is 1.00. The van der Waals surface area contributed by atoms with Crippen LogP contribution in [0.1, 0.15) is 78.6 Å². The van der Waals surface area contributed by atoms with Crippen molar-refractivity contribution in [3.8, 4) is 0 Å². The summed E-state index contributed by atoms with van der Waals surface area (Å²) in [5.74, 6) is 1.42. The van der Waals surface area contributed by atoms with Gasteiger partial charge in [0.2, 0.25) is 0 Å². The van der Waals surface area contributed by atoms with Crippen LogP contribution in [0, 0.1) is 17.3 Å². The summed E-state index contributed by atoms with van der Waals surface area (Å²) in [4.78, 5) is 0. The average molecular weight is 281 g/mol. The van der Waals surface area contributed by atoms with Crippen molar-refractivity contribution in [2.24, 2.45) is 17.3 Å². The third-order valence-corrected chi connectivity index (χ3v) is 6.28. The van der Waals surface area contributed by atoms with E-state index in [1.807, 2.05) is 0 Å². The van der Waals surface area contributed by atoms with Crippen LogP contribution in [-0.2, 0) is 0 Å². The van der Waals surface area contributed by atoms with Crippen molar-refractivity contribution in [2.45, 2.75) is 90.7 Å². The molecular formula is C18H35NO. The molecule has 20 heavy (non-hydrogen) atoms. The first-order valence-electron chi connectivity index (χ1n) is 8.94. The van der Waals surface area contributed by atoms with Crippen LogP contribution in [0.5, 0.6) is 0 Å². The maximum Gasteiger partial charge on any atom is 0.0580 e. The van der Waals surface area contributed by atoms with Crippen molar-refractivity contribution < 1.29 is 5.11 Å². The lowest BCUT2D eigenvalue weighted by molar-refractivity contribution is 0.0650. The number of hydrogen-bond acceptors (Lipinski definition) is 2. The molecule has 0 heterocycles. The van der Waals surface area contributed by atoms with Gasteiger partial charge in [-0.1, -0.05) is 40.0 Å². The van der Waals surface area contributed by atoms with Crippen LogP contribution >= 0.6 is 0 Å². The standard InChI is InChI=1S/C18H35NO/c1-4-18(2,3)15-9-11-16(12-10-15)19-13-14-7-5-6-8-17(14)20/h14-17,19-20H,4-13H2,1-3H3. The van der Waals surface area contributed by atoms with Gasteiger partial charge in [0.25, 0.3) is 0 Å². The molecule has 2 aliphatic rings. The molecule has 118 valence electrons. The molecule has 2 saturated carbocycles. The molecule has 0 spiro atoms. The normalized spacial score (nSPS) is 36.0. The molecular weight excluding hydrogens is 246 g/mol. The molecule has 0 bridgehead atoms. The fourth-order valence-corrected chi connectivity index (χ4v) is 4.11. The van der Waals surface area contributed by atoms with Crippen LogP contribution in [0.3, 0.4) is 0 Å². The van der Waals surface area contributed by atoms with Crippen LogP contribution in [0.15, 0.2) is 0 Å². The molecule has 2 atom stereocenters. The Hall–Kier alpha value is -0.0800. The lowest BCUT2D eigenvalue weighted by atomic mass is 9.69. The van der Waals surface area contributed by atoms with Gasteiger partial charge in [-0.05, 0) is 55.8 Å². The zero-order valence-corrected chi connectivity index (χ0v) is 13.8. The van der Waals surface area contributed by atoms with E-state index in [2.05, 4.69) is 26.1 Å². The summed E-state index contributed by atoms with van der Waals surface area (Å²) in [6, 6.07) is 0.702. The minimum Gasteiger partial charge on any atom is -0.393 e. The maximum atomic E-state index is 10.0. The fourth-order valence-electron chi connectivity index (χ4n) is 4.11. The Bertz CT molecular complexity index is 281. The molecule has 0 amide bonds. The molecule has 2 fully saturated rings. The maximum absolute atomic E-state index is 10.0. The summed E-state index contributed by atoms with van der Waals surface area (Å²) in [5.41, 5.74) is 0.518. The molecule has 0 radical (unpaired) electrons. The zero-order valence-electron chi connectivity index (χ0n) is 13.8. The van der Waals surface area contributed by atoms with Crippen LogP contribution in [0.25, 0.3) is 0 Å². The highest BCUT2D eigenvalue weighted by Gasteiger charge is 2.32. The smallest absolute Gasteiger partial charge is 0.0580 e. The summed E-state index contributed by atoms with van der Waals surface area (Å²) in [7, 11) is 0. The second kappa shape index (κ2) is 7.26. The molecule has 0 aromatic heterocycles. The third-order valence-electron chi connectivity index (χ3n) is 6.28. The number of aliphatic hydroxyl groups is 1. The molecule has 2 heteroatoms. The molecule has 2 aliphatic carbocycles. The molecule has 0 aliphatic heterocycles. The van der Waals surface area contributed by atoms with Crippen molar-refractivity contribution in [1.82, 2.24) is 5.32 Å². The van der Waals surface area contributed by atoms with Crippen molar-refractivity contribution in [3.05, 3.63) is 0 Å². The van der Waals surface area contributed by atoms with Gasteiger partial charge < -0.3 is 10.4 Å². The van der Waals surface area contributed by atoms with Crippen molar-refractivity contribution in [1.29, 1.82) is 0 Å². The van der Waals surface area contributed by atoms with E-state index < -0.39 is 0 Å².